The van der Waals surface area contributed by atoms with Crippen molar-refractivity contribution in [3.63, 3.8) is 0 Å². The molecule has 2 rings (SSSR count). The lowest BCUT2D eigenvalue weighted by atomic mass is 10.0. The van der Waals surface area contributed by atoms with E-state index < -0.39 is 5.95 Å². The topological polar surface area (TPSA) is 51.2 Å². The third kappa shape index (κ3) is 3.49. The Labute approximate surface area is 99.2 Å². The van der Waals surface area contributed by atoms with Crippen LogP contribution in [-0.2, 0) is 4.74 Å². The number of carbonyl (C=O) groups is 1. The Bertz CT molecular complexity index is 392. The van der Waals surface area contributed by atoms with Crippen LogP contribution in [0.1, 0.15) is 23.3 Å². The molecular formula is C12H15FN2O2. The molecule has 1 saturated heterocycles. The van der Waals surface area contributed by atoms with Gasteiger partial charge in [0.2, 0.25) is 5.95 Å². The number of hydrogen-bond donors (Lipinski definition) is 1. The Morgan fingerprint density at radius 1 is 1.47 bits per heavy atom. The van der Waals surface area contributed by atoms with E-state index >= 15 is 0 Å². The SMILES string of the molecule is O=C(NCC1CCOCC1)c1cccc(F)n1. The number of carbonyl (C=O) groups excluding carboxylic acids is 1. The van der Waals surface area contributed by atoms with Gasteiger partial charge in [-0.1, -0.05) is 6.07 Å². The molecule has 0 saturated carbocycles. The summed E-state index contributed by atoms with van der Waals surface area (Å²) in [5.41, 5.74) is 0.122. The molecule has 1 amide bonds. The van der Waals surface area contributed by atoms with Crippen LogP contribution in [-0.4, -0.2) is 30.6 Å². The normalized spacial score (nSPS) is 16.8. The van der Waals surface area contributed by atoms with Gasteiger partial charge in [-0.05, 0) is 30.9 Å². The van der Waals surface area contributed by atoms with E-state index in [1.165, 1.54) is 18.2 Å². The molecule has 0 bridgehead atoms. The smallest absolute Gasteiger partial charge is 0.270 e. The maximum atomic E-state index is 12.8. The van der Waals surface area contributed by atoms with Crippen molar-refractivity contribution in [2.75, 3.05) is 19.8 Å². The van der Waals surface area contributed by atoms with Crippen LogP contribution in [0.15, 0.2) is 18.2 Å². The van der Waals surface area contributed by atoms with Gasteiger partial charge in [0.05, 0.1) is 0 Å². The number of halogens is 1. The Kier molecular flexibility index (Phi) is 4.03. The third-order valence-corrected chi connectivity index (χ3v) is 2.84. The lowest BCUT2D eigenvalue weighted by Crippen LogP contribution is -2.32. The molecule has 0 aromatic carbocycles. The van der Waals surface area contributed by atoms with E-state index in [9.17, 15) is 9.18 Å². The first kappa shape index (κ1) is 12.0. The summed E-state index contributed by atoms with van der Waals surface area (Å²) in [6.45, 7) is 2.10. The van der Waals surface area contributed by atoms with Crippen LogP contribution >= 0.6 is 0 Å². The molecule has 1 aliphatic heterocycles. The molecule has 1 aromatic heterocycles. The average molecular weight is 238 g/mol. The highest BCUT2D eigenvalue weighted by Crippen LogP contribution is 2.13. The number of amides is 1. The minimum absolute atomic E-state index is 0.122. The van der Waals surface area contributed by atoms with Crippen LogP contribution in [0.2, 0.25) is 0 Å². The number of pyridine rings is 1. The van der Waals surface area contributed by atoms with Crippen molar-refractivity contribution in [1.82, 2.24) is 10.3 Å². The van der Waals surface area contributed by atoms with Crippen molar-refractivity contribution in [2.24, 2.45) is 5.92 Å². The summed E-state index contributed by atoms with van der Waals surface area (Å²) in [7, 11) is 0. The summed E-state index contributed by atoms with van der Waals surface area (Å²) >= 11 is 0. The van der Waals surface area contributed by atoms with E-state index in [2.05, 4.69) is 10.3 Å². The summed E-state index contributed by atoms with van der Waals surface area (Å²) < 4.78 is 18.0. The Balaban J connectivity index is 1.84. The van der Waals surface area contributed by atoms with E-state index in [0.717, 1.165) is 26.1 Å². The zero-order valence-electron chi connectivity index (χ0n) is 9.49. The fourth-order valence-corrected chi connectivity index (χ4v) is 1.81. The van der Waals surface area contributed by atoms with E-state index in [0.29, 0.717) is 12.5 Å². The van der Waals surface area contributed by atoms with Crippen molar-refractivity contribution in [1.29, 1.82) is 0 Å². The molecule has 1 fully saturated rings. The first-order chi connectivity index (χ1) is 8.25. The number of hydrogen-bond acceptors (Lipinski definition) is 3. The predicted octanol–water partition coefficient (Wildman–Crippen LogP) is 1.38. The highest BCUT2D eigenvalue weighted by Gasteiger charge is 2.15. The van der Waals surface area contributed by atoms with Crippen LogP contribution in [0.4, 0.5) is 4.39 Å². The largest absolute Gasteiger partial charge is 0.381 e. The van der Waals surface area contributed by atoms with Gasteiger partial charge in [0, 0.05) is 19.8 Å². The number of nitrogens with zero attached hydrogens (tertiary/aromatic N) is 1. The fraction of sp³-hybridized carbons (Fsp3) is 0.500. The summed E-state index contributed by atoms with van der Waals surface area (Å²) in [5, 5.41) is 2.77. The van der Waals surface area contributed by atoms with Gasteiger partial charge in [-0.3, -0.25) is 4.79 Å². The fourth-order valence-electron chi connectivity index (χ4n) is 1.81. The van der Waals surface area contributed by atoms with E-state index in [-0.39, 0.29) is 11.6 Å². The first-order valence-electron chi connectivity index (χ1n) is 5.74. The monoisotopic (exact) mass is 238 g/mol. The van der Waals surface area contributed by atoms with Gasteiger partial charge >= 0.3 is 0 Å². The van der Waals surface area contributed by atoms with Crippen molar-refractivity contribution < 1.29 is 13.9 Å². The van der Waals surface area contributed by atoms with E-state index in [4.69, 9.17) is 4.74 Å². The van der Waals surface area contributed by atoms with Crippen LogP contribution in [0.3, 0.4) is 0 Å². The van der Waals surface area contributed by atoms with Gasteiger partial charge in [0.25, 0.3) is 5.91 Å². The molecule has 0 spiro atoms. The van der Waals surface area contributed by atoms with Crippen molar-refractivity contribution in [3.05, 3.63) is 29.8 Å². The Hall–Kier alpha value is -1.49. The summed E-state index contributed by atoms with van der Waals surface area (Å²) in [5.74, 6) is -0.513. The Morgan fingerprint density at radius 3 is 2.94 bits per heavy atom. The molecule has 1 aromatic rings. The lowest BCUT2D eigenvalue weighted by molar-refractivity contribution is 0.0642. The number of nitrogens with one attached hydrogen (secondary N) is 1. The first-order valence-corrected chi connectivity index (χ1v) is 5.74. The molecule has 17 heavy (non-hydrogen) atoms. The molecule has 5 heteroatoms. The van der Waals surface area contributed by atoms with Gasteiger partial charge in [-0.15, -0.1) is 0 Å². The molecular weight excluding hydrogens is 223 g/mol. The minimum atomic E-state index is -0.635. The number of rotatable bonds is 3. The summed E-state index contributed by atoms with van der Waals surface area (Å²) in [6, 6.07) is 4.20. The number of aromatic nitrogens is 1. The zero-order chi connectivity index (χ0) is 12.1. The van der Waals surface area contributed by atoms with Crippen molar-refractivity contribution in [3.8, 4) is 0 Å². The van der Waals surface area contributed by atoms with Gasteiger partial charge < -0.3 is 10.1 Å². The van der Waals surface area contributed by atoms with Gasteiger partial charge in [0.15, 0.2) is 0 Å². The molecule has 1 N–H and O–H groups in total. The quantitative estimate of drug-likeness (QED) is 0.809. The molecule has 2 heterocycles. The molecule has 0 radical (unpaired) electrons. The number of ether oxygens (including phenoxy) is 1. The summed E-state index contributed by atoms with van der Waals surface area (Å²) in [4.78, 5) is 15.2. The van der Waals surface area contributed by atoms with Crippen molar-refractivity contribution >= 4 is 5.91 Å². The van der Waals surface area contributed by atoms with E-state index in [1.54, 1.807) is 0 Å². The van der Waals surface area contributed by atoms with Crippen LogP contribution in [0.5, 0.6) is 0 Å². The maximum Gasteiger partial charge on any atom is 0.270 e. The molecule has 1 aliphatic rings. The standard InChI is InChI=1S/C12H15FN2O2/c13-11-3-1-2-10(15-11)12(16)14-8-9-4-6-17-7-5-9/h1-3,9H,4-8H2,(H,14,16). The summed E-state index contributed by atoms with van der Waals surface area (Å²) in [6.07, 6.45) is 1.91. The molecule has 92 valence electrons. The second kappa shape index (κ2) is 5.72. The molecule has 4 nitrogen and oxygen atoms in total. The van der Waals surface area contributed by atoms with Crippen molar-refractivity contribution in [2.45, 2.75) is 12.8 Å². The van der Waals surface area contributed by atoms with Gasteiger partial charge in [-0.25, -0.2) is 4.98 Å². The second-order valence-corrected chi connectivity index (χ2v) is 4.11. The average Bonchev–Trinajstić information content (AvgIpc) is 2.37. The molecule has 0 aliphatic carbocycles. The van der Waals surface area contributed by atoms with Crippen LogP contribution in [0, 0.1) is 11.9 Å². The van der Waals surface area contributed by atoms with Crippen LogP contribution in [0.25, 0.3) is 0 Å². The molecule has 0 unspecified atom stereocenters. The van der Waals surface area contributed by atoms with Crippen LogP contribution < -0.4 is 5.32 Å². The zero-order valence-corrected chi connectivity index (χ0v) is 9.49. The maximum absolute atomic E-state index is 12.8. The van der Waals surface area contributed by atoms with Gasteiger partial charge in [0.1, 0.15) is 5.69 Å². The van der Waals surface area contributed by atoms with Gasteiger partial charge in [-0.2, -0.15) is 4.39 Å². The lowest BCUT2D eigenvalue weighted by Gasteiger charge is -2.21. The van der Waals surface area contributed by atoms with E-state index in [1.807, 2.05) is 0 Å². The highest BCUT2D eigenvalue weighted by molar-refractivity contribution is 5.92. The minimum Gasteiger partial charge on any atom is -0.381 e. The Morgan fingerprint density at radius 2 is 2.24 bits per heavy atom. The third-order valence-electron chi connectivity index (χ3n) is 2.84. The predicted molar refractivity (Wildman–Crippen MR) is 60.1 cm³/mol. The highest BCUT2D eigenvalue weighted by atomic mass is 19.1. The second-order valence-electron chi connectivity index (χ2n) is 4.11. The molecule has 0 atom stereocenters.